The van der Waals surface area contributed by atoms with Crippen molar-refractivity contribution in [2.24, 2.45) is 0 Å². The first-order valence-electron chi connectivity index (χ1n) is 8.30. The van der Waals surface area contributed by atoms with Gasteiger partial charge in [0.25, 0.3) is 0 Å². The van der Waals surface area contributed by atoms with Crippen LogP contribution in [0, 0.1) is 13.8 Å². The molecule has 4 heteroatoms. The number of hydrogen-bond donors (Lipinski definition) is 0. The molecule has 0 N–H and O–H groups in total. The lowest BCUT2D eigenvalue weighted by Gasteiger charge is -2.09. The molecule has 4 aromatic rings. The van der Waals surface area contributed by atoms with E-state index in [9.17, 15) is 0 Å². The first-order valence-corrected chi connectivity index (χ1v) is 8.30. The molecule has 2 aromatic heterocycles. The summed E-state index contributed by atoms with van der Waals surface area (Å²) < 4.78 is 13.4. The Hall–Kier alpha value is -3.01. The monoisotopic (exact) mass is 332 g/mol. The van der Waals surface area contributed by atoms with Gasteiger partial charge < -0.3 is 13.7 Å². The molecule has 0 bridgehead atoms. The third-order valence-corrected chi connectivity index (χ3v) is 4.34. The lowest BCUT2D eigenvalue weighted by molar-refractivity contribution is 0.415. The molecule has 0 aliphatic heterocycles. The maximum atomic E-state index is 5.84. The van der Waals surface area contributed by atoms with Crippen LogP contribution in [0.25, 0.3) is 22.6 Å². The van der Waals surface area contributed by atoms with Gasteiger partial charge in [0.2, 0.25) is 0 Å². The lowest BCUT2D eigenvalue weighted by atomic mass is 10.1. The second-order valence-electron chi connectivity index (χ2n) is 6.28. The summed E-state index contributed by atoms with van der Waals surface area (Å²) in [6, 6.07) is 18.4. The van der Waals surface area contributed by atoms with Crippen LogP contribution in [0.5, 0.6) is 5.75 Å². The Labute approximate surface area is 146 Å². The second-order valence-corrected chi connectivity index (χ2v) is 6.28. The molecule has 0 radical (unpaired) electrons. The molecule has 0 spiro atoms. The van der Waals surface area contributed by atoms with Crippen molar-refractivity contribution in [3.05, 3.63) is 71.5 Å². The van der Waals surface area contributed by atoms with Gasteiger partial charge in [-0.15, -0.1) is 0 Å². The fraction of sp³-hybridized carbons (Fsp3) is 0.190. The maximum Gasteiger partial charge on any atom is 0.177 e. The minimum Gasteiger partial charge on any atom is -0.497 e. The second kappa shape index (κ2) is 6.13. The molecule has 0 aliphatic rings. The quantitative estimate of drug-likeness (QED) is 0.530. The van der Waals surface area contributed by atoms with Crippen molar-refractivity contribution in [2.75, 3.05) is 7.11 Å². The molecule has 0 atom stereocenters. The first kappa shape index (κ1) is 15.5. The van der Waals surface area contributed by atoms with Crippen molar-refractivity contribution in [1.82, 2.24) is 9.55 Å². The summed E-state index contributed by atoms with van der Waals surface area (Å²) in [4.78, 5) is 4.80. The van der Waals surface area contributed by atoms with Crippen LogP contribution in [0.1, 0.15) is 16.9 Å². The summed E-state index contributed by atoms with van der Waals surface area (Å²) in [6.07, 6.45) is 0. The van der Waals surface area contributed by atoms with E-state index < -0.39 is 0 Å². The smallest absolute Gasteiger partial charge is 0.177 e. The highest BCUT2D eigenvalue weighted by atomic mass is 16.5. The van der Waals surface area contributed by atoms with E-state index in [2.05, 4.69) is 35.8 Å². The van der Waals surface area contributed by atoms with Crippen LogP contribution in [0.15, 0.2) is 59.0 Å². The Morgan fingerprint density at radius 3 is 2.64 bits per heavy atom. The molecule has 0 saturated heterocycles. The number of fused-ring (bicyclic) bond motifs is 1. The average molecular weight is 332 g/mol. The van der Waals surface area contributed by atoms with Crippen LogP contribution >= 0.6 is 0 Å². The summed E-state index contributed by atoms with van der Waals surface area (Å²) in [5.41, 5.74) is 4.43. The van der Waals surface area contributed by atoms with Crippen molar-refractivity contribution in [1.29, 1.82) is 0 Å². The van der Waals surface area contributed by atoms with Crippen LogP contribution in [0.2, 0.25) is 0 Å². The van der Waals surface area contributed by atoms with E-state index in [1.165, 1.54) is 11.1 Å². The minimum atomic E-state index is 0.723. The largest absolute Gasteiger partial charge is 0.497 e. The number of furan rings is 1. The summed E-state index contributed by atoms with van der Waals surface area (Å²) >= 11 is 0. The molecule has 126 valence electrons. The van der Waals surface area contributed by atoms with Crippen LogP contribution in [0.3, 0.4) is 0 Å². The van der Waals surface area contributed by atoms with E-state index in [1.807, 2.05) is 37.3 Å². The lowest BCUT2D eigenvalue weighted by Crippen LogP contribution is -2.02. The van der Waals surface area contributed by atoms with E-state index in [4.69, 9.17) is 14.1 Å². The van der Waals surface area contributed by atoms with Gasteiger partial charge in [0.15, 0.2) is 11.6 Å². The Bertz CT molecular complexity index is 1040. The highest BCUT2D eigenvalue weighted by molar-refractivity contribution is 5.81. The molecule has 4 nitrogen and oxygen atoms in total. The number of ether oxygens (including phenoxy) is 1. The van der Waals surface area contributed by atoms with Gasteiger partial charge in [0.1, 0.15) is 11.5 Å². The summed E-state index contributed by atoms with van der Waals surface area (Å²) in [5, 5.41) is 0. The molecule has 4 rings (SSSR count). The molecule has 2 aromatic carbocycles. The zero-order valence-corrected chi connectivity index (χ0v) is 14.6. The Kier molecular flexibility index (Phi) is 3.80. The van der Waals surface area contributed by atoms with E-state index in [0.29, 0.717) is 0 Å². The van der Waals surface area contributed by atoms with Gasteiger partial charge in [-0.25, -0.2) is 4.98 Å². The third-order valence-electron chi connectivity index (χ3n) is 4.34. The SMILES string of the molecule is COc1ccc2nc(-c3ccc(C)o3)n(Cc3cccc(C)c3)c2c1. The molecule has 0 amide bonds. The molecular weight excluding hydrogens is 312 g/mol. The fourth-order valence-electron chi connectivity index (χ4n) is 3.13. The zero-order valence-electron chi connectivity index (χ0n) is 14.6. The van der Waals surface area contributed by atoms with Crippen LogP contribution in [0.4, 0.5) is 0 Å². The highest BCUT2D eigenvalue weighted by Gasteiger charge is 2.16. The number of aryl methyl sites for hydroxylation is 2. The maximum absolute atomic E-state index is 5.84. The molecule has 0 unspecified atom stereocenters. The number of nitrogens with zero attached hydrogens (tertiary/aromatic N) is 2. The van der Waals surface area contributed by atoms with E-state index >= 15 is 0 Å². The Balaban J connectivity index is 1.91. The zero-order chi connectivity index (χ0) is 17.4. The molecule has 2 heterocycles. The van der Waals surface area contributed by atoms with Crippen molar-refractivity contribution in [3.63, 3.8) is 0 Å². The molecule has 0 aliphatic carbocycles. The summed E-state index contributed by atoms with van der Waals surface area (Å²) in [5.74, 6) is 3.31. The predicted octanol–water partition coefficient (Wildman–Crippen LogP) is 4.97. The van der Waals surface area contributed by atoms with Gasteiger partial charge in [-0.3, -0.25) is 0 Å². The van der Waals surface area contributed by atoms with Crippen molar-refractivity contribution >= 4 is 11.0 Å². The van der Waals surface area contributed by atoms with Crippen molar-refractivity contribution < 1.29 is 9.15 Å². The van der Waals surface area contributed by atoms with Gasteiger partial charge in [-0.05, 0) is 43.7 Å². The number of rotatable bonds is 4. The normalized spacial score (nSPS) is 11.2. The minimum absolute atomic E-state index is 0.723. The van der Waals surface area contributed by atoms with Gasteiger partial charge in [-0.1, -0.05) is 29.8 Å². The van der Waals surface area contributed by atoms with Crippen LogP contribution < -0.4 is 4.74 Å². The number of methoxy groups -OCH3 is 1. The Morgan fingerprint density at radius 1 is 1.04 bits per heavy atom. The standard InChI is InChI=1S/C21H20N2O2/c1-14-5-4-6-16(11-14)13-23-19-12-17(24-3)8-9-18(19)22-21(23)20-10-7-15(2)25-20/h4-12H,13H2,1-3H3. The Morgan fingerprint density at radius 2 is 1.92 bits per heavy atom. The van der Waals surface area contributed by atoms with Crippen molar-refractivity contribution in [3.8, 4) is 17.3 Å². The number of aromatic nitrogens is 2. The van der Waals surface area contributed by atoms with Gasteiger partial charge in [0, 0.05) is 12.6 Å². The molecule has 0 fully saturated rings. The van der Waals surface area contributed by atoms with Crippen molar-refractivity contribution in [2.45, 2.75) is 20.4 Å². The summed E-state index contributed by atoms with van der Waals surface area (Å²) in [6.45, 7) is 4.77. The van der Waals surface area contributed by atoms with Gasteiger partial charge in [-0.2, -0.15) is 0 Å². The highest BCUT2D eigenvalue weighted by Crippen LogP contribution is 2.29. The van der Waals surface area contributed by atoms with E-state index in [-0.39, 0.29) is 0 Å². The number of imidazole rings is 1. The summed E-state index contributed by atoms with van der Waals surface area (Å²) in [7, 11) is 1.68. The number of benzene rings is 2. The average Bonchev–Trinajstić information content (AvgIpc) is 3.18. The predicted molar refractivity (Wildman–Crippen MR) is 99.0 cm³/mol. The van der Waals surface area contributed by atoms with Gasteiger partial charge >= 0.3 is 0 Å². The molecule has 25 heavy (non-hydrogen) atoms. The topological polar surface area (TPSA) is 40.2 Å². The fourth-order valence-corrected chi connectivity index (χ4v) is 3.13. The van der Waals surface area contributed by atoms with Gasteiger partial charge in [0.05, 0.1) is 18.1 Å². The first-order chi connectivity index (χ1) is 12.1. The third kappa shape index (κ3) is 2.91. The molecular formula is C21H20N2O2. The van der Waals surface area contributed by atoms with E-state index in [0.717, 1.165) is 40.7 Å². The van der Waals surface area contributed by atoms with Crippen LogP contribution in [-0.2, 0) is 6.54 Å². The van der Waals surface area contributed by atoms with Crippen LogP contribution in [-0.4, -0.2) is 16.7 Å². The molecule has 0 saturated carbocycles. The number of hydrogen-bond acceptors (Lipinski definition) is 3. The van der Waals surface area contributed by atoms with E-state index in [1.54, 1.807) is 7.11 Å².